The van der Waals surface area contributed by atoms with Gasteiger partial charge in [-0.25, -0.2) is 17.5 Å². The van der Waals surface area contributed by atoms with E-state index in [9.17, 15) is 12.8 Å². The summed E-state index contributed by atoms with van der Waals surface area (Å²) in [5, 5.41) is 0. The Morgan fingerprint density at radius 1 is 1.30 bits per heavy atom. The second-order valence-corrected chi connectivity index (χ2v) is 6.14. The number of halogens is 1. The van der Waals surface area contributed by atoms with Gasteiger partial charge in [-0.3, -0.25) is 0 Å². The molecule has 0 fully saturated rings. The van der Waals surface area contributed by atoms with Crippen molar-refractivity contribution in [3.63, 3.8) is 0 Å². The molecule has 0 amide bonds. The van der Waals surface area contributed by atoms with Crippen LogP contribution in [0, 0.1) is 5.82 Å². The summed E-state index contributed by atoms with van der Waals surface area (Å²) >= 11 is 0. The fourth-order valence-electron chi connectivity index (χ4n) is 1.93. The van der Waals surface area contributed by atoms with Crippen molar-refractivity contribution in [2.75, 3.05) is 31.9 Å². The summed E-state index contributed by atoms with van der Waals surface area (Å²) in [6, 6.07) is 3.83. The molecule has 1 rings (SSSR count). The highest BCUT2D eigenvalue weighted by Crippen LogP contribution is 2.21. The van der Waals surface area contributed by atoms with Crippen LogP contribution < -0.4 is 10.5 Å². The van der Waals surface area contributed by atoms with Crippen molar-refractivity contribution < 1.29 is 12.8 Å². The molecule has 0 saturated heterocycles. The van der Waals surface area contributed by atoms with Gasteiger partial charge in [-0.05, 0) is 38.2 Å². The molecule has 5 nitrogen and oxygen atoms in total. The smallest absolute Gasteiger partial charge is 0.245 e. The molecular formula is C13H22FN3O2S. The lowest BCUT2D eigenvalue weighted by atomic mass is 10.3. The van der Waals surface area contributed by atoms with Gasteiger partial charge in [0.2, 0.25) is 10.0 Å². The zero-order chi connectivity index (χ0) is 15.2. The summed E-state index contributed by atoms with van der Waals surface area (Å²) in [5.74, 6) is -0.832. The van der Waals surface area contributed by atoms with Gasteiger partial charge in [0, 0.05) is 6.54 Å². The molecule has 114 valence electrons. The van der Waals surface area contributed by atoms with Crippen molar-refractivity contribution in [1.82, 2.24) is 9.62 Å². The van der Waals surface area contributed by atoms with E-state index in [2.05, 4.69) is 9.62 Å². The van der Waals surface area contributed by atoms with E-state index >= 15 is 0 Å². The molecule has 0 radical (unpaired) electrons. The lowest BCUT2D eigenvalue weighted by molar-refractivity contribution is 0.300. The first-order valence-corrected chi connectivity index (χ1v) is 8.16. The molecule has 7 heteroatoms. The zero-order valence-electron chi connectivity index (χ0n) is 11.9. The van der Waals surface area contributed by atoms with Gasteiger partial charge < -0.3 is 10.6 Å². The first-order chi connectivity index (χ1) is 9.42. The molecule has 0 bridgehead atoms. The first kappa shape index (κ1) is 16.9. The van der Waals surface area contributed by atoms with Gasteiger partial charge in [-0.2, -0.15) is 0 Å². The molecule has 0 aliphatic carbocycles. The number of benzene rings is 1. The Balaban J connectivity index is 2.63. The van der Waals surface area contributed by atoms with E-state index in [1.165, 1.54) is 12.1 Å². The Labute approximate surface area is 120 Å². The maximum atomic E-state index is 13.6. The van der Waals surface area contributed by atoms with Crippen LogP contribution in [0.25, 0.3) is 0 Å². The molecule has 0 aliphatic rings. The minimum Gasteiger partial charge on any atom is -0.398 e. The summed E-state index contributed by atoms with van der Waals surface area (Å²) < 4.78 is 40.0. The van der Waals surface area contributed by atoms with Crippen LogP contribution in [0.5, 0.6) is 0 Å². The van der Waals surface area contributed by atoms with E-state index in [4.69, 9.17) is 5.73 Å². The largest absolute Gasteiger partial charge is 0.398 e. The number of nitrogens with two attached hydrogens (primary N) is 1. The maximum absolute atomic E-state index is 13.6. The average molecular weight is 303 g/mol. The highest BCUT2D eigenvalue weighted by atomic mass is 32.2. The summed E-state index contributed by atoms with van der Waals surface area (Å²) in [6.45, 7) is 6.99. The molecule has 0 spiro atoms. The number of hydrogen-bond acceptors (Lipinski definition) is 4. The van der Waals surface area contributed by atoms with Crippen molar-refractivity contribution >= 4 is 15.7 Å². The lowest BCUT2D eigenvalue weighted by Crippen LogP contribution is -2.30. The highest BCUT2D eigenvalue weighted by Gasteiger charge is 2.21. The zero-order valence-corrected chi connectivity index (χ0v) is 12.7. The quantitative estimate of drug-likeness (QED) is 0.562. The van der Waals surface area contributed by atoms with Crippen LogP contribution >= 0.6 is 0 Å². The molecule has 0 atom stereocenters. The maximum Gasteiger partial charge on any atom is 0.245 e. The summed E-state index contributed by atoms with van der Waals surface area (Å²) in [7, 11) is -3.90. The number of anilines is 1. The monoisotopic (exact) mass is 303 g/mol. The van der Waals surface area contributed by atoms with E-state index in [1.54, 1.807) is 0 Å². The second-order valence-electron chi connectivity index (χ2n) is 4.44. The van der Waals surface area contributed by atoms with Crippen LogP contribution in [0.3, 0.4) is 0 Å². The minimum atomic E-state index is -3.90. The van der Waals surface area contributed by atoms with Crippen molar-refractivity contribution in [3.05, 3.63) is 24.0 Å². The Bertz CT molecular complexity index is 510. The number of sulfonamides is 1. The number of rotatable bonds is 8. The molecule has 1 aromatic rings. The van der Waals surface area contributed by atoms with Crippen LogP contribution in [0.1, 0.15) is 20.3 Å². The Hall–Kier alpha value is -1.18. The number of nitrogen functional groups attached to an aromatic ring is 1. The van der Waals surface area contributed by atoms with E-state index in [0.29, 0.717) is 6.42 Å². The minimum absolute atomic E-state index is 0.0822. The third kappa shape index (κ3) is 4.43. The van der Waals surface area contributed by atoms with E-state index in [0.717, 1.165) is 25.7 Å². The van der Waals surface area contributed by atoms with Crippen LogP contribution in [0.4, 0.5) is 10.1 Å². The van der Waals surface area contributed by atoms with Crippen molar-refractivity contribution in [2.24, 2.45) is 0 Å². The SMILES string of the molecule is CCN(CC)CCCNS(=O)(=O)c1c(N)cccc1F. The topological polar surface area (TPSA) is 75.4 Å². The molecule has 0 unspecified atom stereocenters. The third-order valence-electron chi connectivity index (χ3n) is 3.10. The number of nitrogens with zero attached hydrogens (tertiary/aromatic N) is 1. The molecule has 0 heterocycles. The Morgan fingerprint density at radius 3 is 2.50 bits per heavy atom. The molecule has 1 aromatic carbocycles. The summed E-state index contributed by atoms with van der Waals surface area (Å²) in [6.07, 6.45) is 0.662. The molecule has 3 N–H and O–H groups in total. The van der Waals surface area contributed by atoms with E-state index < -0.39 is 20.7 Å². The van der Waals surface area contributed by atoms with Crippen LogP contribution in [0.15, 0.2) is 23.1 Å². The molecular weight excluding hydrogens is 281 g/mol. The van der Waals surface area contributed by atoms with Crippen molar-refractivity contribution in [3.8, 4) is 0 Å². The van der Waals surface area contributed by atoms with E-state index in [-0.39, 0.29) is 12.2 Å². The Morgan fingerprint density at radius 2 is 1.95 bits per heavy atom. The first-order valence-electron chi connectivity index (χ1n) is 6.68. The van der Waals surface area contributed by atoms with Gasteiger partial charge in [0.05, 0.1) is 5.69 Å². The predicted octanol–water partition coefficient (Wildman–Crippen LogP) is 1.42. The molecule has 0 saturated carbocycles. The summed E-state index contributed by atoms with van der Waals surface area (Å²) in [5.41, 5.74) is 5.45. The van der Waals surface area contributed by atoms with Gasteiger partial charge >= 0.3 is 0 Å². The van der Waals surface area contributed by atoms with Gasteiger partial charge in [0.15, 0.2) is 0 Å². The number of nitrogens with one attached hydrogen (secondary N) is 1. The third-order valence-corrected chi connectivity index (χ3v) is 4.66. The van der Waals surface area contributed by atoms with Crippen LogP contribution in [-0.4, -0.2) is 39.5 Å². The fourth-order valence-corrected chi connectivity index (χ4v) is 3.19. The Kier molecular flexibility index (Phi) is 6.38. The van der Waals surface area contributed by atoms with Gasteiger partial charge in [-0.1, -0.05) is 19.9 Å². The van der Waals surface area contributed by atoms with Crippen LogP contribution in [-0.2, 0) is 10.0 Å². The van der Waals surface area contributed by atoms with Gasteiger partial charge in [-0.15, -0.1) is 0 Å². The predicted molar refractivity (Wildman–Crippen MR) is 78.4 cm³/mol. The molecule has 20 heavy (non-hydrogen) atoms. The average Bonchev–Trinajstić information content (AvgIpc) is 2.38. The standard InChI is InChI=1S/C13H22FN3O2S/c1-3-17(4-2)10-6-9-16-20(18,19)13-11(14)7-5-8-12(13)15/h5,7-8,16H,3-4,6,9-10,15H2,1-2H3. The second kappa shape index (κ2) is 7.56. The lowest BCUT2D eigenvalue weighted by Gasteiger charge is -2.17. The number of hydrogen-bond donors (Lipinski definition) is 2. The van der Waals surface area contributed by atoms with Crippen molar-refractivity contribution in [2.45, 2.75) is 25.2 Å². The van der Waals surface area contributed by atoms with Gasteiger partial charge in [0.1, 0.15) is 10.7 Å². The van der Waals surface area contributed by atoms with Crippen molar-refractivity contribution in [1.29, 1.82) is 0 Å². The molecule has 0 aliphatic heterocycles. The molecule has 0 aromatic heterocycles. The van der Waals surface area contributed by atoms with Crippen LogP contribution in [0.2, 0.25) is 0 Å². The van der Waals surface area contributed by atoms with Gasteiger partial charge in [0.25, 0.3) is 0 Å². The van der Waals surface area contributed by atoms with E-state index in [1.807, 2.05) is 13.8 Å². The summed E-state index contributed by atoms with van der Waals surface area (Å²) in [4.78, 5) is 1.72. The normalized spacial score (nSPS) is 12.0. The fraction of sp³-hybridized carbons (Fsp3) is 0.538. The highest BCUT2D eigenvalue weighted by molar-refractivity contribution is 7.89.